The van der Waals surface area contributed by atoms with E-state index in [1.807, 2.05) is 13.8 Å². The fourth-order valence-corrected chi connectivity index (χ4v) is 4.75. The van der Waals surface area contributed by atoms with Gasteiger partial charge in [0.1, 0.15) is 0 Å². The fourth-order valence-electron chi connectivity index (χ4n) is 2.87. The lowest BCUT2D eigenvalue weighted by Gasteiger charge is -2.35. The highest BCUT2D eigenvalue weighted by atomic mass is 32.2. The van der Waals surface area contributed by atoms with E-state index in [9.17, 15) is 8.42 Å². The molecule has 118 valence electrons. The van der Waals surface area contributed by atoms with Crippen LogP contribution in [0.25, 0.3) is 0 Å². The Hall–Kier alpha value is -0.170. The van der Waals surface area contributed by atoms with E-state index in [4.69, 9.17) is 4.74 Å². The molecule has 20 heavy (non-hydrogen) atoms. The van der Waals surface area contributed by atoms with Crippen LogP contribution in [-0.4, -0.2) is 69.3 Å². The maximum absolute atomic E-state index is 12.3. The Balaban J connectivity index is 1.78. The molecule has 0 radical (unpaired) electrons. The summed E-state index contributed by atoms with van der Waals surface area (Å²) in [5.74, 6) is 1.17. The highest BCUT2D eigenvalue weighted by Gasteiger charge is 2.29. The zero-order chi connectivity index (χ0) is 14.6. The van der Waals surface area contributed by atoms with Crippen molar-refractivity contribution in [1.82, 2.24) is 9.21 Å². The molecule has 0 amide bonds. The van der Waals surface area contributed by atoms with Gasteiger partial charge in [0.05, 0.1) is 12.4 Å². The van der Waals surface area contributed by atoms with E-state index >= 15 is 0 Å². The molecule has 2 rings (SSSR count). The maximum atomic E-state index is 12.3. The van der Waals surface area contributed by atoms with Crippen molar-refractivity contribution in [1.29, 1.82) is 0 Å². The number of sulfonamides is 1. The van der Waals surface area contributed by atoms with Crippen LogP contribution < -0.4 is 0 Å². The summed E-state index contributed by atoms with van der Waals surface area (Å²) in [4.78, 5) is 2.38. The van der Waals surface area contributed by atoms with Gasteiger partial charge < -0.3 is 9.64 Å². The third-order valence-electron chi connectivity index (χ3n) is 4.46. The van der Waals surface area contributed by atoms with Crippen molar-refractivity contribution in [2.24, 2.45) is 11.8 Å². The molecular formula is C14H28N2O3S. The minimum absolute atomic E-state index is 0.244. The normalized spacial score (nSPS) is 27.8. The van der Waals surface area contributed by atoms with Crippen molar-refractivity contribution in [3.05, 3.63) is 0 Å². The third-order valence-corrected chi connectivity index (χ3v) is 6.60. The summed E-state index contributed by atoms with van der Waals surface area (Å²) in [6.07, 6.45) is 2.06. The van der Waals surface area contributed by atoms with Crippen molar-refractivity contribution in [2.45, 2.75) is 26.7 Å². The van der Waals surface area contributed by atoms with Gasteiger partial charge >= 0.3 is 0 Å². The quantitative estimate of drug-likeness (QED) is 0.735. The summed E-state index contributed by atoms with van der Waals surface area (Å²) >= 11 is 0. The molecule has 0 bridgehead atoms. The molecule has 2 aliphatic heterocycles. The van der Waals surface area contributed by atoms with E-state index in [1.165, 1.54) is 0 Å². The van der Waals surface area contributed by atoms with Crippen molar-refractivity contribution >= 4 is 10.0 Å². The average molecular weight is 304 g/mol. The zero-order valence-corrected chi connectivity index (χ0v) is 13.6. The molecule has 0 aromatic carbocycles. The SMILES string of the molecule is CC[C@H](C)CS(=O)(=O)N1CCN(C[C@@H]2CCOC2)CC1. The van der Waals surface area contributed by atoms with Crippen LogP contribution in [0.1, 0.15) is 26.7 Å². The highest BCUT2D eigenvalue weighted by molar-refractivity contribution is 7.89. The van der Waals surface area contributed by atoms with Gasteiger partial charge in [0.15, 0.2) is 0 Å². The molecule has 0 N–H and O–H groups in total. The molecule has 6 heteroatoms. The second-order valence-electron chi connectivity index (χ2n) is 6.22. The van der Waals surface area contributed by atoms with E-state index in [0.29, 0.717) is 24.8 Å². The van der Waals surface area contributed by atoms with Crippen LogP contribution in [0.3, 0.4) is 0 Å². The first-order valence-electron chi connectivity index (χ1n) is 7.79. The topological polar surface area (TPSA) is 49.9 Å². The minimum Gasteiger partial charge on any atom is -0.381 e. The molecule has 0 unspecified atom stereocenters. The van der Waals surface area contributed by atoms with E-state index in [2.05, 4.69) is 4.90 Å². The van der Waals surface area contributed by atoms with Crippen molar-refractivity contribution in [3.63, 3.8) is 0 Å². The highest BCUT2D eigenvalue weighted by Crippen LogP contribution is 2.17. The van der Waals surface area contributed by atoms with E-state index < -0.39 is 10.0 Å². The molecule has 2 atom stereocenters. The lowest BCUT2D eigenvalue weighted by molar-refractivity contribution is 0.143. The van der Waals surface area contributed by atoms with E-state index in [1.54, 1.807) is 4.31 Å². The fraction of sp³-hybridized carbons (Fsp3) is 1.00. The van der Waals surface area contributed by atoms with Gasteiger partial charge in [0, 0.05) is 39.3 Å². The number of rotatable bonds is 6. The first-order chi connectivity index (χ1) is 9.51. The Morgan fingerprint density at radius 1 is 1.25 bits per heavy atom. The van der Waals surface area contributed by atoms with Crippen LogP contribution in [0.2, 0.25) is 0 Å². The number of hydrogen-bond donors (Lipinski definition) is 0. The van der Waals surface area contributed by atoms with Crippen LogP contribution >= 0.6 is 0 Å². The molecular weight excluding hydrogens is 276 g/mol. The van der Waals surface area contributed by atoms with Crippen LogP contribution in [0.4, 0.5) is 0 Å². The molecule has 0 aliphatic carbocycles. The summed E-state index contributed by atoms with van der Waals surface area (Å²) in [5.41, 5.74) is 0. The summed E-state index contributed by atoms with van der Waals surface area (Å²) in [6, 6.07) is 0. The minimum atomic E-state index is -3.06. The Labute approximate surface area is 123 Å². The van der Waals surface area contributed by atoms with Gasteiger partial charge in [-0.2, -0.15) is 4.31 Å². The summed E-state index contributed by atoms with van der Waals surface area (Å²) in [5, 5.41) is 0. The first-order valence-corrected chi connectivity index (χ1v) is 9.40. The predicted molar refractivity (Wildman–Crippen MR) is 80.2 cm³/mol. The molecule has 2 fully saturated rings. The van der Waals surface area contributed by atoms with Crippen molar-refractivity contribution in [3.8, 4) is 0 Å². The third kappa shape index (κ3) is 4.41. The summed E-state index contributed by atoms with van der Waals surface area (Å²) in [7, 11) is -3.06. The van der Waals surface area contributed by atoms with Gasteiger partial charge in [-0.25, -0.2) is 8.42 Å². The van der Waals surface area contributed by atoms with Gasteiger partial charge in [-0.15, -0.1) is 0 Å². The smallest absolute Gasteiger partial charge is 0.214 e. The lowest BCUT2D eigenvalue weighted by Crippen LogP contribution is -2.50. The average Bonchev–Trinajstić information content (AvgIpc) is 2.91. The van der Waals surface area contributed by atoms with Crippen LogP contribution in [0.5, 0.6) is 0 Å². The van der Waals surface area contributed by atoms with Gasteiger partial charge in [0.2, 0.25) is 10.0 Å². The second kappa shape index (κ2) is 7.20. The number of nitrogens with zero attached hydrogens (tertiary/aromatic N) is 2. The summed E-state index contributed by atoms with van der Waals surface area (Å²) < 4.78 is 31.7. The van der Waals surface area contributed by atoms with E-state index in [-0.39, 0.29) is 5.92 Å². The van der Waals surface area contributed by atoms with Gasteiger partial charge in [-0.1, -0.05) is 20.3 Å². The van der Waals surface area contributed by atoms with Gasteiger partial charge in [-0.05, 0) is 18.3 Å². The molecule has 2 aliphatic rings. The Morgan fingerprint density at radius 2 is 1.95 bits per heavy atom. The van der Waals surface area contributed by atoms with Gasteiger partial charge in [0.25, 0.3) is 0 Å². The molecule has 5 nitrogen and oxygen atoms in total. The standard InChI is InChI=1S/C14H28N2O3S/c1-3-13(2)12-20(17,18)16-7-5-15(6-8-16)10-14-4-9-19-11-14/h13-14H,3-12H2,1-2H3/t13-,14-/m0/s1. The van der Waals surface area contributed by atoms with Crippen molar-refractivity contribution < 1.29 is 13.2 Å². The first kappa shape index (κ1) is 16.2. The largest absolute Gasteiger partial charge is 0.381 e. The monoisotopic (exact) mass is 304 g/mol. The Morgan fingerprint density at radius 3 is 2.50 bits per heavy atom. The molecule has 2 saturated heterocycles. The molecule has 0 spiro atoms. The maximum Gasteiger partial charge on any atom is 0.214 e. The summed E-state index contributed by atoms with van der Waals surface area (Å²) in [6.45, 7) is 9.86. The van der Waals surface area contributed by atoms with Crippen LogP contribution in [0.15, 0.2) is 0 Å². The predicted octanol–water partition coefficient (Wildman–Crippen LogP) is 1.02. The number of piperazine rings is 1. The zero-order valence-electron chi connectivity index (χ0n) is 12.8. The van der Waals surface area contributed by atoms with Gasteiger partial charge in [-0.3, -0.25) is 0 Å². The Kier molecular flexibility index (Phi) is 5.84. The number of hydrogen-bond acceptors (Lipinski definition) is 4. The number of ether oxygens (including phenoxy) is 1. The molecule has 2 heterocycles. The molecule has 0 aromatic rings. The van der Waals surface area contributed by atoms with Crippen LogP contribution in [-0.2, 0) is 14.8 Å². The second-order valence-corrected chi connectivity index (χ2v) is 8.23. The van der Waals surface area contributed by atoms with E-state index in [0.717, 1.165) is 45.7 Å². The van der Waals surface area contributed by atoms with Crippen molar-refractivity contribution in [2.75, 3.05) is 51.7 Å². The lowest BCUT2D eigenvalue weighted by atomic mass is 10.1. The molecule has 0 saturated carbocycles. The Bertz CT molecular complexity index is 385. The molecule has 0 aromatic heterocycles. The van der Waals surface area contributed by atoms with Crippen LogP contribution in [0, 0.1) is 11.8 Å².